The molecule has 0 amide bonds. The van der Waals surface area contributed by atoms with Crippen LogP contribution in [0, 0.1) is 0 Å². The van der Waals surface area contributed by atoms with Crippen molar-refractivity contribution in [3.05, 3.63) is 39.4 Å². The molecule has 2 nitrogen and oxygen atoms in total. The van der Waals surface area contributed by atoms with Crippen LogP contribution in [0.25, 0.3) is 6.08 Å². The van der Waals surface area contributed by atoms with E-state index < -0.39 is 0 Å². The highest BCUT2D eigenvalue weighted by Gasteiger charge is 2.20. The number of hydrogen-bond donors (Lipinski definition) is 0. The molecule has 0 unspecified atom stereocenters. The van der Waals surface area contributed by atoms with Crippen LogP contribution < -0.4 is 0 Å². The zero-order valence-corrected chi connectivity index (χ0v) is 12.5. The van der Waals surface area contributed by atoms with Crippen LogP contribution in [0.4, 0.5) is 0 Å². The number of rotatable bonds is 3. The maximum atomic E-state index is 12.0. The van der Waals surface area contributed by atoms with E-state index >= 15 is 0 Å². The molecule has 1 aromatic carbocycles. The molecule has 1 saturated heterocycles. The third kappa shape index (κ3) is 3.82. The number of ketones is 1. The van der Waals surface area contributed by atoms with Crippen molar-refractivity contribution >= 4 is 35.1 Å². The summed E-state index contributed by atoms with van der Waals surface area (Å²) in [6, 6.07) is 5.34. The number of halogens is 2. The average molecular weight is 298 g/mol. The maximum Gasteiger partial charge on any atom is 0.161 e. The van der Waals surface area contributed by atoms with Gasteiger partial charge in [0.1, 0.15) is 0 Å². The van der Waals surface area contributed by atoms with Gasteiger partial charge in [-0.1, -0.05) is 36.2 Å². The number of piperidine rings is 1. The van der Waals surface area contributed by atoms with Gasteiger partial charge in [-0.05, 0) is 36.7 Å². The van der Waals surface area contributed by atoms with Crippen LogP contribution in [0.15, 0.2) is 23.8 Å². The molecule has 0 aliphatic carbocycles. The van der Waals surface area contributed by atoms with Gasteiger partial charge < -0.3 is 0 Å². The van der Waals surface area contributed by atoms with Crippen molar-refractivity contribution in [1.82, 2.24) is 4.90 Å². The lowest BCUT2D eigenvalue weighted by Crippen LogP contribution is -2.36. The summed E-state index contributed by atoms with van der Waals surface area (Å²) in [5.41, 5.74) is 1.69. The summed E-state index contributed by atoms with van der Waals surface area (Å²) in [6.07, 6.45) is 3.59. The first-order valence-corrected chi connectivity index (χ1v) is 7.27. The smallest absolute Gasteiger partial charge is 0.161 e. The lowest BCUT2D eigenvalue weighted by atomic mass is 10.00. The Morgan fingerprint density at radius 1 is 1.37 bits per heavy atom. The highest BCUT2D eigenvalue weighted by molar-refractivity contribution is 6.35. The van der Waals surface area contributed by atoms with Crippen molar-refractivity contribution in [3.63, 3.8) is 0 Å². The fourth-order valence-electron chi connectivity index (χ4n) is 2.27. The Labute approximate surface area is 124 Å². The minimum Gasteiger partial charge on any atom is -0.299 e. The van der Waals surface area contributed by atoms with E-state index in [0.29, 0.717) is 23.0 Å². The Bertz CT molecular complexity index is 511. The number of nitrogens with zero attached hydrogens (tertiary/aromatic N) is 1. The average Bonchev–Trinajstić information content (AvgIpc) is 2.37. The summed E-state index contributed by atoms with van der Waals surface area (Å²) >= 11 is 12.0. The van der Waals surface area contributed by atoms with Crippen molar-refractivity contribution < 1.29 is 4.79 Å². The Hall–Kier alpha value is -0.830. The molecule has 0 atom stereocenters. The number of likely N-dealkylation sites (tertiary alicyclic amines) is 1. The van der Waals surface area contributed by atoms with Crippen molar-refractivity contribution in [2.24, 2.45) is 0 Å². The minimum atomic E-state index is 0.221. The molecule has 19 heavy (non-hydrogen) atoms. The molecule has 0 saturated carbocycles. The van der Waals surface area contributed by atoms with E-state index in [1.807, 2.05) is 12.1 Å². The first-order valence-electron chi connectivity index (χ1n) is 6.51. The predicted octanol–water partition coefficient (Wildman–Crippen LogP) is 4.06. The molecule has 1 aliphatic rings. The van der Waals surface area contributed by atoms with Gasteiger partial charge in [-0.2, -0.15) is 0 Å². The summed E-state index contributed by atoms with van der Waals surface area (Å²) in [5.74, 6) is 0.221. The standard InChI is InChI=1S/C15H17Cl2NO/c1-2-6-18-7-5-15(19)12(10-18)8-11-3-4-13(16)9-14(11)17/h3-4,8-9H,2,5-7,10H2,1H3/b12-8+. The molecule has 102 valence electrons. The normalized spacial score (nSPS) is 19.1. The molecule has 1 heterocycles. The van der Waals surface area contributed by atoms with Gasteiger partial charge in [-0.3, -0.25) is 9.69 Å². The molecular formula is C15H17Cl2NO. The Morgan fingerprint density at radius 3 is 2.84 bits per heavy atom. The highest BCUT2D eigenvalue weighted by Crippen LogP contribution is 2.24. The summed E-state index contributed by atoms with van der Waals surface area (Å²) in [5, 5.41) is 1.19. The Balaban J connectivity index is 2.22. The van der Waals surface area contributed by atoms with Gasteiger partial charge in [0, 0.05) is 35.1 Å². The zero-order chi connectivity index (χ0) is 13.8. The molecule has 1 aromatic rings. The summed E-state index contributed by atoms with van der Waals surface area (Å²) in [4.78, 5) is 14.3. The topological polar surface area (TPSA) is 20.3 Å². The van der Waals surface area contributed by atoms with Gasteiger partial charge in [-0.15, -0.1) is 0 Å². The quantitative estimate of drug-likeness (QED) is 0.784. The summed E-state index contributed by atoms with van der Waals surface area (Å²) in [7, 11) is 0. The van der Waals surface area contributed by atoms with Crippen molar-refractivity contribution in [2.75, 3.05) is 19.6 Å². The van der Waals surface area contributed by atoms with E-state index in [9.17, 15) is 4.79 Å². The maximum absolute atomic E-state index is 12.0. The second kappa shape index (κ2) is 6.56. The van der Waals surface area contributed by atoms with E-state index in [4.69, 9.17) is 23.2 Å². The number of carbonyl (C=O) groups excluding carboxylic acids is 1. The predicted molar refractivity (Wildman–Crippen MR) is 80.8 cm³/mol. The lowest BCUT2D eigenvalue weighted by molar-refractivity contribution is -0.117. The lowest BCUT2D eigenvalue weighted by Gasteiger charge is -2.27. The van der Waals surface area contributed by atoms with Gasteiger partial charge in [0.2, 0.25) is 0 Å². The largest absolute Gasteiger partial charge is 0.299 e. The fourth-order valence-corrected chi connectivity index (χ4v) is 2.73. The highest BCUT2D eigenvalue weighted by atomic mass is 35.5. The van der Waals surface area contributed by atoms with E-state index in [2.05, 4.69) is 11.8 Å². The molecule has 1 aliphatic heterocycles. The fraction of sp³-hybridized carbons (Fsp3) is 0.400. The monoisotopic (exact) mass is 297 g/mol. The van der Waals surface area contributed by atoms with Crippen LogP contribution >= 0.6 is 23.2 Å². The van der Waals surface area contributed by atoms with Crippen molar-refractivity contribution in [1.29, 1.82) is 0 Å². The van der Waals surface area contributed by atoms with Gasteiger partial charge >= 0.3 is 0 Å². The summed E-state index contributed by atoms with van der Waals surface area (Å²) in [6.45, 7) is 4.75. The molecule has 1 fully saturated rings. The van der Waals surface area contributed by atoms with Crippen LogP contribution in [0.5, 0.6) is 0 Å². The van der Waals surface area contributed by atoms with Crippen molar-refractivity contribution in [3.8, 4) is 0 Å². The van der Waals surface area contributed by atoms with E-state index in [1.54, 1.807) is 12.1 Å². The second-order valence-corrected chi connectivity index (χ2v) is 5.63. The number of carbonyl (C=O) groups is 1. The molecule has 0 N–H and O–H groups in total. The first-order chi connectivity index (χ1) is 9.10. The van der Waals surface area contributed by atoms with Gasteiger partial charge in [0.15, 0.2) is 5.78 Å². The molecule has 4 heteroatoms. The van der Waals surface area contributed by atoms with Crippen LogP contribution in [0.1, 0.15) is 25.3 Å². The first kappa shape index (κ1) is 14.6. The Morgan fingerprint density at radius 2 is 2.16 bits per heavy atom. The third-order valence-corrected chi connectivity index (χ3v) is 3.80. The molecular weight excluding hydrogens is 281 g/mol. The van der Waals surface area contributed by atoms with Crippen LogP contribution in [0.2, 0.25) is 10.0 Å². The van der Waals surface area contributed by atoms with Gasteiger partial charge in [0.25, 0.3) is 0 Å². The molecule has 0 radical (unpaired) electrons. The number of Topliss-reactive ketones (excluding diaryl/α,β-unsaturated/α-hetero) is 1. The van der Waals surface area contributed by atoms with Crippen molar-refractivity contribution in [2.45, 2.75) is 19.8 Å². The molecule has 0 spiro atoms. The van der Waals surface area contributed by atoms with Crippen LogP contribution in [0.3, 0.4) is 0 Å². The number of benzene rings is 1. The van der Waals surface area contributed by atoms with Crippen LogP contribution in [-0.2, 0) is 4.79 Å². The zero-order valence-electron chi connectivity index (χ0n) is 11.0. The minimum absolute atomic E-state index is 0.221. The molecule has 2 rings (SSSR count). The van der Waals surface area contributed by atoms with Crippen LogP contribution in [-0.4, -0.2) is 30.3 Å². The van der Waals surface area contributed by atoms with Gasteiger partial charge in [0.05, 0.1) is 0 Å². The van der Waals surface area contributed by atoms with E-state index in [-0.39, 0.29) is 5.78 Å². The van der Waals surface area contributed by atoms with E-state index in [1.165, 1.54) is 0 Å². The molecule has 0 bridgehead atoms. The van der Waals surface area contributed by atoms with Gasteiger partial charge in [-0.25, -0.2) is 0 Å². The summed E-state index contributed by atoms with van der Waals surface area (Å²) < 4.78 is 0. The molecule has 0 aromatic heterocycles. The van der Waals surface area contributed by atoms with E-state index in [0.717, 1.165) is 30.6 Å². The second-order valence-electron chi connectivity index (χ2n) is 4.78. The SMILES string of the molecule is CCCN1CCC(=O)/C(=C/c2ccc(Cl)cc2Cl)C1. The Kier molecular flexibility index (Phi) is 5.03. The third-order valence-electron chi connectivity index (χ3n) is 3.24. The number of hydrogen-bond acceptors (Lipinski definition) is 2.